The van der Waals surface area contributed by atoms with E-state index in [0.717, 1.165) is 34.1 Å². The van der Waals surface area contributed by atoms with Gasteiger partial charge in [-0.05, 0) is 114 Å². The summed E-state index contributed by atoms with van der Waals surface area (Å²) in [5.41, 5.74) is -0.0285. The maximum absolute atomic E-state index is 15.2. The second kappa shape index (κ2) is 33.2. The summed E-state index contributed by atoms with van der Waals surface area (Å²) in [7, 11) is -12.1. The molecule has 1 saturated heterocycles. The molecule has 2 aromatic carbocycles. The van der Waals surface area contributed by atoms with Gasteiger partial charge in [0.15, 0.2) is 39.4 Å². The number of ketones is 2. The van der Waals surface area contributed by atoms with Crippen molar-refractivity contribution >= 4 is 69.5 Å². The molecule has 92 heavy (non-hydrogen) atoms. The molecule has 2 aromatic rings. The quantitative estimate of drug-likeness (QED) is 0.0297. The summed E-state index contributed by atoms with van der Waals surface area (Å²) >= 11 is 0. The summed E-state index contributed by atoms with van der Waals surface area (Å²) < 4.78 is 56.9. The molecule has 1 N–H and O–H groups in total. The monoisotopic (exact) mass is 1360 g/mol. The molecule has 17 heteroatoms. The molecule has 1 aliphatic rings. The molecule has 0 spiro atoms. The number of aliphatic hydroxyl groups excluding tert-OH is 1. The van der Waals surface area contributed by atoms with Gasteiger partial charge in [0.25, 0.3) is 8.32 Å². The van der Waals surface area contributed by atoms with Gasteiger partial charge in [-0.25, -0.2) is 4.79 Å². The Kier molecular flexibility index (Phi) is 30.1. The molecule has 14 atom stereocenters. The first-order valence-electron chi connectivity index (χ1n) is 34.6. The van der Waals surface area contributed by atoms with E-state index in [4.69, 9.17) is 36.3 Å². The van der Waals surface area contributed by atoms with E-state index in [-0.39, 0.29) is 63.4 Å². The van der Waals surface area contributed by atoms with Gasteiger partial charge in [-0.3, -0.25) is 9.59 Å². The maximum Gasteiger partial charge on any atom is 0.337 e. The molecule has 1 heterocycles. The highest BCUT2D eigenvalue weighted by Crippen LogP contribution is 2.53. The first-order valence-corrected chi connectivity index (χ1v) is 47.8. The molecule has 1 fully saturated rings. The van der Waals surface area contributed by atoms with Crippen LogP contribution in [0, 0.1) is 35.5 Å². The smallest absolute Gasteiger partial charge is 0.337 e. The minimum absolute atomic E-state index is 0.0178. The predicted molar refractivity (Wildman–Crippen MR) is 396 cm³/mol. The fraction of sp³-hybridized carbons (Fsp3) is 0.720. The number of hydrogen-bond acceptors (Lipinski definition) is 12. The number of aliphatic hydroxyl groups is 1. The van der Waals surface area contributed by atoms with Crippen molar-refractivity contribution in [2.24, 2.45) is 35.5 Å². The molecule has 0 bridgehead atoms. The van der Waals surface area contributed by atoms with Crippen LogP contribution in [-0.4, -0.2) is 133 Å². The number of rotatable bonds is 37. The molecule has 0 aliphatic carbocycles. The van der Waals surface area contributed by atoms with Crippen LogP contribution in [0.2, 0.25) is 77.6 Å². The van der Waals surface area contributed by atoms with Gasteiger partial charge < -0.3 is 41.4 Å². The number of methoxy groups -OCH3 is 1. The van der Waals surface area contributed by atoms with Crippen LogP contribution in [0.1, 0.15) is 166 Å². The Hall–Kier alpha value is -2.77. The van der Waals surface area contributed by atoms with Crippen LogP contribution < -0.4 is 10.4 Å². The number of Topliss-reactive ketones (excluding diaryl/α,β-unsaturated/α-hetero) is 2. The summed E-state index contributed by atoms with van der Waals surface area (Å²) in [5, 5.41) is 14.5. The Morgan fingerprint density at radius 2 is 1.13 bits per heavy atom. The number of ether oxygens (including phenoxy) is 3. The average Bonchev–Trinajstić information content (AvgIpc) is 1.49. The number of esters is 1. The highest BCUT2D eigenvalue weighted by molar-refractivity contribution is 6.99. The highest BCUT2D eigenvalue weighted by atomic mass is 28.4. The minimum atomic E-state index is -3.21. The van der Waals surface area contributed by atoms with Crippen molar-refractivity contribution in [3.8, 4) is 0 Å². The Bertz CT molecular complexity index is 2670. The molecule has 0 saturated carbocycles. The lowest BCUT2D eigenvalue weighted by atomic mass is 9.78. The Morgan fingerprint density at radius 1 is 0.674 bits per heavy atom. The van der Waals surface area contributed by atoms with Crippen molar-refractivity contribution in [1.29, 1.82) is 0 Å². The largest absolute Gasteiger partial charge is 0.460 e. The standard InChI is InChI=1S/C75H132O12Si5/c1-32-43-52(6)68-75(24,83-68)69(87-90(30,31)73(18,19)20)60(51-82-92(74(21,22)23,58-44-39-37-40-45-58)59-46-41-38-42-47-59)65(86-91(34-3,35-4)36-5)55(9)62(77)50-61(76)53(7)49-54(8)64(84-88(26,27)71(12,13)14)56(10)63(78)57(11)66(80-25)67(70(79)81-48-33-2)85-89(28,29)72(15,16)17/h32-33,37-47,49,52-53,55-57,60,62,64-69,77H,2,34-36,48,50-51H2,1,3-31H3/b43-32-,54-49+/t52-,53-,55+,56-,57+,60-,62?,64-,65-,66-,67+,68+,69-,75-/m0/s1. The third kappa shape index (κ3) is 20.0. The lowest BCUT2D eigenvalue weighted by molar-refractivity contribution is -0.162. The van der Waals surface area contributed by atoms with E-state index < -0.39 is 119 Å². The van der Waals surface area contributed by atoms with Gasteiger partial charge in [0.2, 0.25) is 0 Å². The number of carbonyl (C=O) groups is 3. The maximum atomic E-state index is 15.2. The van der Waals surface area contributed by atoms with E-state index in [0.29, 0.717) is 0 Å². The van der Waals surface area contributed by atoms with Gasteiger partial charge in [0.1, 0.15) is 29.9 Å². The molecule has 524 valence electrons. The SMILES string of the molecule is C=CCOC(=O)[C@H](O[Si](C)(C)C(C)(C)C)[C@@H](OC)[C@H](C)C(=O)[C@H](C)[C@@H](O[Si](C)(C)C(C)(C)C)/C(C)=C/[C@H](C)C(=O)CC(O)[C@@H](C)[C@H](O[Si](CC)(CC)CC)[C@H](CO[Si](c1ccccc1)(c1ccccc1)C(C)(C)C)[C@H](O[Si](C)(C)C(C)(C)C)[C@@]1(C)O[C@@H]1[C@@H](C)/C=C\C. The van der Waals surface area contributed by atoms with Crippen LogP contribution >= 0.6 is 0 Å². The molecule has 0 amide bonds. The number of carbonyl (C=O) groups excluding carboxylic acids is 3. The van der Waals surface area contributed by atoms with Gasteiger partial charge in [-0.1, -0.05) is 230 Å². The number of epoxide rings is 1. The van der Waals surface area contributed by atoms with Gasteiger partial charge in [-0.15, -0.1) is 0 Å². The van der Waals surface area contributed by atoms with Crippen molar-refractivity contribution in [3.05, 3.63) is 97.1 Å². The van der Waals surface area contributed by atoms with Crippen molar-refractivity contribution in [2.45, 2.75) is 292 Å². The minimum Gasteiger partial charge on any atom is -0.460 e. The molecule has 0 radical (unpaired) electrons. The lowest BCUT2D eigenvalue weighted by Gasteiger charge is -2.50. The fourth-order valence-corrected chi connectivity index (χ4v) is 24.1. The molecule has 3 rings (SSSR count). The zero-order valence-electron chi connectivity index (χ0n) is 63.5. The summed E-state index contributed by atoms with van der Waals surface area (Å²) in [6, 6.07) is 24.1. The third-order valence-electron chi connectivity index (χ3n) is 22.1. The van der Waals surface area contributed by atoms with Crippen molar-refractivity contribution in [1.82, 2.24) is 0 Å². The second-order valence-corrected chi connectivity index (χ2v) is 56.2. The first-order chi connectivity index (χ1) is 42.1. The third-order valence-corrected chi connectivity index (χ3v) is 45.2. The Balaban J connectivity index is 2.37. The Morgan fingerprint density at radius 3 is 1.54 bits per heavy atom. The zero-order chi connectivity index (χ0) is 70.8. The normalized spacial score (nSPS) is 20.9. The van der Waals surface area contributed by atoms with E-state index in [9.17, 15) is 9.90 Å². The summed E-state index contributed by atoms with van der Waals surface area (Å²) in [6.07, 6.45) is 2.22. The molecule has 1 aliphatic heterocycles. The van der Waals surface area contributed by atoms with Gasteiger partial charge in [-0.2, -0.15) is 0 Å². The van der Waals surface area contributed by atoms with Crippen LogP contribution in [0.15, 0.2) is 97.1 Å². The Labute approximate surface area is 566 Å². The van der Waals surface area contributed by atoms with Gasteiger partial charge in [0.05, 0.1) is 30.5 Å². The first kappa shape index (κ1) is 83.5. The van der Waals surface area contributed by atoms with Crippen molar-refractivity contribution in [3.63, 3.8) is 0 Å². The van der Waals surface area contributed by atoms with Gasteiger partial charge >= 0.3 is 5.97 Å². The lowest BCUT2D eigenvalue weighted by Crippen LogP contribution is -2.68. The molecular formula is C75H132O12Si5. The number of hydrogen-bond donors (Lipinski definition) is 1. The fourth-order valence-electron chi connectivity index (χ4n) is 12.6. The van der Waals surface area contributed by atoms with Gasteiger partial charge in [0, 0.05) is 55.6 Å². The van der Waals surface area contributed by atoms with E-state index in [1.54, 1.807) is 6.92 Å². The molecule has 12 nitrogen and oxygen atoms in total. The van der Waals surface area contributed by atoms with E-state index in [1.807, 2.05) is 26.8 Å². The second-order valence-electron chi connectivity index (χ2n) is 32.9. The van der Waals surface area contributed by atoms with Crippen molar-refractivity contribution in [2.75, 3.05) is 20.3 Å². The summed E-state index contributed by atoms with van der Waals surface area (Å²) in [5.74, 6) is -4.17. The van der Waals surface area contributed by atoms with Crippen LogP contribution in [0.3, 0.4) is 0 Å². The summed E-state index contributed by atoms with van der Waals surface area (Å²) in [4.78, 5) is 44.4. The van der Waals surface area contributed by atoms with E-state index in [1.165, 1.54) is 13.2 Å². The number of allylic oxidation sites excluding steroid dienone is 2. The highest BCUT2D eigenvalue weighted by Gasteiger charge is 2.65. The molecule has 1 unspecified atom stereocenters. The van der Waals surface area contributed by atoms with Crippen LogP contribution in [0.5, 0.6) is 0 Å². The van der Waals surface area contributed by atoms with E-state index in [2.05, 4.69) is 250 Å². The van der Waals surface area contributed by atoms with E-state index >= 15 is 9.59 Å². The topological polar surface area (TPSA) is 149 Å². The van der Waals surface area contributed by atoms with Crippen molar-refractivity contribution < 1.29 is 55.8 Å². The predicted octanol–water partition coefficient (Wildman–Crippen LogP) is 17.2. The van der Waals surface area contributed by atoms with Crippen LogP contribution in [0.25, 0.3) is 0 Å². The van der Waals surface area contributed by atoms with Crippen LogP contribution in [-0.2, 0) is 50.7 Å². The molecule has 0 aromatic heterocycles. The zero-order valence-corrected chi connectivity index (χ0v) is 68.5. The average molecular weight is 1370 g/mol. The number of benzene rings is 2. The molecular weight excluding hydrogens is 1230 g/mol. The summed E-state index contributed by atoms with van der Waals surface area (Å²) in [6.45, 7) is 66.3. The van der Waals surface area contributed by atoms with Crippen LogP contribution in [0.4, 0.5) is 0 Å².